The molecule has 0 aliphatic heterocycles. The van der Waals surface area contributed by atoms with Crippen LogP contribution in [0.3, 0.4) is 0 Å². The van der Waals surface area contributed by atoms with E-state index in [9.17, 15) is 0 Å². The predicted octanol–water partition coefficient (Wildman–Crippen LogP) is 4.00. The fourth-order valence-electron chi connectivity index (χ4n) is 2.72. The van der Waals surface area contributed by atoms with E-state index >= 15 is 0 Å². The molecule has 0 radical (unpaired) electrons. The van der Waals surface area contributed by atoms with Crippen LogP contribution in [0.2, 0.25) is 0 Å². The first-order chi connectivity index (χ1) is 9.33. The van der Waals surface area contributed by atoms with Crippen molar-refractivity contribution in [3.8, 4) is 10.6 Å². The lowest BCUT2D eigenvalue weighted by Crippen LogP contribution is -2.09. The molecule has 1 N–H and O–H groups in total. The van der Waals surface area contributed by atoms with Crippen molar-refractivity contribution in [3.63, 3.8) is 0 Å². The Morgan fingerprint density at radius 1 is 1.32 bits per heavy atom. The van der Waals surface area contributed by atoms with Crippen LogP contribution in [0.4, 0.5) is 0 Å². The van der Waals surface area contributed by atoms with Crippen molar-refractivity contribution in [2.75, 3.05) is 0 Å². The molecule has 3 aromatic heterocycles. The average Bonchev–Trinajstić information content (AvgIpc) is 3.07. The third-order valence-corrected chi connectivity index (χ3v) is 5.00. The van der Waals surface area contributed by atoms with Gasteiger partial charge >= 0.3 is 0 Å². The lowest BCUT2D eigenvalue weighted by Gasteiger charge is -2.14. The van der Waals surface area contributed by atoms with E-state index in [1.807, 2.05) is 4.52 Å². The highest BCUT2D eigenvalue weighted by atomic mass is 32.1. The van der Waals surface area contributed by atoms with E-state index in [1.54, 1.807) is 11.3 Å². The van der Waals surface area contributed by atoms with Crippen molar-refractivity contribution in [2.24, 2.45) is 0 Å². The summed E-state index contributed by atoms with van der Waals surface area (Å²) in [6, 6.07) is 6.26. The minimum Gasteiger partial charge on any atom is -0.290 e. The summed E-state index contributed by atoms with van der Waals surface area (Å²) in [5, 5.41) is 5.46. The Hall–Kier alpha value is -1.46. The molecule has 0 atom stereocenters. The fourth-order valence-corrected chi connectivity index (χ4v) is 3.77. The molecule has 5 heteroatoms. The Balaban J connectivity index is 1.99. The van der Waals surface area contributed by atoms with Gasteiger partial charge in [0, 0.05) is 17.3 Å². The zero-order valence-electron chi connectivity index (χ0n) is 10.3. The van der Waals surface area contributed by atoms with Crippen LogP contribution in [0.15, 0.2) is 23.6 Å². The van der Waals surface area contributed by atoms with E-state index in [1.165, 1.54) is 29.0 Å². The average molecular weight is 287 g/mol. The highest BCUT2D eigenvalue weighted by Crippen LogP contribution is 2.26. The molecule has 0 aromatic carbocycles. The van der Waals surface area contributed by atoms with Crippen molar-refractivity contribution in [1.82, 2.24) is 14.6 Å². The van der Waals surface area contributed by atoms with Crippen molar-refractivity contribution in [2.45, 2.75) is 25.7 Å². The summed E-state index contributed by atoms with van der Waals surface area (Å²) in [5.41, 5.74) is 4.50. The molecule has 0 bridgehead atoms. The second kappa shape index (κ2) is 4.28. The second-order valence-electron chi connectivity index (χ2n) is 4.89. The van der Waals surface area contributed by atoms with E-state index in [2.05, 4.69) is 28.7 Å². The molecule has 0 amide bonds. The second-order valence-corrected chi connectivity index (χ2v) is 6.22. The number of hydrogen-bond acceptors (Lipinski definition) is 3. The monoisotopic (exact) mass is 287 g/mol. The highest BCUT2D eigenvalue weighted by molar-refractivity contribution is 7.71. The van der Waals surface area contributed by atoms with Crippen molar-refractivity contribution in [3.05, 3.63) is 39.5 Å². The number of aryl methyl sites for hydroxylation is 1. The van der Waals surface area contributed by atoms with Gasteiger partial charge in [-0.2, -0.15) is 0 Å². The number of fused-ring (bicyclic) bond motifs is 2. The fraction of sp³-hybridized carbons (Fsp3) is 0.286. The van der Waals surface area contributed by atoms with Crippen LogP contribution in [0, 0.1) is 4.64 Å². The topological polar surface area (TPSA) is 33.1 Å². The zero-order chi connectivity index (χ0) is 12.8. The Bertz CT molecular complexity index is 796. The quantitative estimate of drug-likeness (QED) is 0.686. The SMILES string of the molecule is S=c1c2c(nc3cc(-c4cccs4)[nH]n13)CCCC2. The smallest absolute Gasteiger partial charge is 0.155 e. The first-order valence-electron chi connectivity index (χ1n) is 6.50. The molecular formula is C14H13N3S2. The van der Waals surface area contributed by atoms with Gasteiger partial charge in [0.05, 0.1) is 10.6 Å². The normalized spacial score (nSPS) is 14.7. The first kappa shape index (κ1) is 11.4. The predicted molar refractivity (Wildman–Crippen MR) is 80.3 cm³/mol. The number of rotatable bonds is 1. The number of aromatic amines is 1. The largest absolute Gasteiger partial charge is 0.290 e. The molecule has 0 unspecified atom stereocenters. The summed E-state index contributed by atoms with van der Waals surface area (Å²) < 4.78 is 2.86. The first-order valence-corrected chi connectivity index (χ1v) is 7.79. The van der Waals surface area contributed by atoms with Crippen LogP contribution in [-0.4, -0.2) is 14.6 Å². The molecule has 3 aromatic rings. The maximum absolute atomic E-state index is 5.62. The van der Waals surface area contributed by atoms with E-state index < -0.39 is 0 Å². The van der Waals surface area contributed by atoms with Gasteiger partial charge in [0.15, 0.2) is 5.65 Å². The van der Waals surface area contributed by atoms with E-state index in [4.69, 9.17) is 17.2 Å². The standard InChI is InChI=1S/C14H13N3S2/c18-14-9-4-1-2-5-10(9)15-13-8-11(16-17(13)14)12-6-3-7-19-12/h3,6-8,16H,1-2,4-5H2. The molecule has 0 saturated heterocycles. The van der Waals surface area contributed by atoms with Gasteiger partial charge < -0.3 is 0 Å². The summed E-state index contributed by atoms with van der Waals surface area (Å²) in [6.45, 7) is 0. The van der Waals surface area contributed by atoms with Crippen LogP contribution in [-0.2, 0) is 12.8 Å². The number of aromatic nitrogens is 3. The highest BCUT2D eigenvalue weighted by Gasteiger charge is 2.16. The van der Waals surface area contributed by atoms with Gasteiger partial charge in [-0.1, -0.05) is 18.3 Å². The van der Waals surface area contributed by atoms with Crippen LogP contribution < -0.4 is 0 Å². The summed E-state index contributed by atoms with van der Waals surface area (Å²) >= 11 is 7.34. The maximum atomic E-state index is 5.62. The molecule has 3 heterocycles. The number of thiophene rings is 1. The maximum Gasteiger partial charge on any atom is 0.155 e. The third-order valence-electron chi connectivity index (χ3n) is 3.67. The van der Waals surface area contributed by atoms with Gasteiger partial charge in [-0.05, 0) is 37.1 Å². The van der Waals surface area contributed by atoms with Crippen molar-refractivity contribution < 1.29 is 0 Å². The number of nitrogens with one attached hydrogen (secondary N) is 1. The number of nitrogens with zero attached hydrogens (tertiary/aromatic N) is 2. The van der Waals surface area contributed by atoms with Crippen molar-refractivity contribution >= 4 is 29.2 Å². The van der Waals surface area contributed by atoms with Crippen LogP contribution in [0.1, 0.15) is 24.1 Å². The third kappa shape index (κ3) is 1.76. The van der Waals surface area contributed by atoms with Gasteiger partial charge in [-0.25, -0.2) is 9.50 Å². The lowest BCUT2D eigenvalue weighted by molar-refractivity contribution is 0.657. The van der Waals surface area contributed by atoms with Gasteiger partial charge in [-0.15, -0.1) is 11.3 Å². The summed E-state index contributed by atoms with van der Waals surface area (Å²) in [7, 11) is 0. The minimum atomic E-state index is 0.905. The number of hydrogen-bond donors (Lipinski definition) is 1. The van der Waals surface area contributed by atoms with E-state index in [0.29, 0.717) is 0 Å². The summed E-state index contributed by atoms with van der Waals surface area (Å²) in [5.74, 6) is 0. The molecule has 3 nitrogen and oxygen atoms in total. The molecule has 1 aliphatic rings. The molecule has 1 aliphatic carbocycles. The Kier molecular flexibility index (Phi) is 2.56. The van der Waals surface area contributed by atoms with Gasteiger partial charge in [0.2, 0.25) is 0 Å². The molecule has 19 heavy (non-hydrogen) atoms. The van der Waals surface area contributed by atoms with Gasteiger partial charge in [0.1, 0.15) is 4.64 Å². The lowest BCUT2D eigenvalue weighted by atomic mass is 9.97. The molecular weight excluding hydrogens is 274 g/mol. The van der Waals surface area contributed by atoms with Gasteiger partial charge in [-0.3, -0.25) is 5.10 Å². The zero-order valence-corrected chi connectivity index (χ0v) is 12.0. The Labute approximate surface area is 119 Å². The van der Waals surface area contributed by atoms with Crippen LogP contribution in [0.5, 0.6) is 0 Å². The Morgan fingerprint density at radius 3 is 3.05 bits per heavy atom. The minimum absolute atomic E-state index is 0.905. The molecule has 0 saturated carbocycles. The van der Waals surface area contributed by atoms with E-state index in [-0.39, 0.29) is 0 Å². The van der Waals surface area contributed by atoms with Gasteiger partial charge in [0.25, 0.3) is 0 Å². The Morgan fingerprint density at radius 2 is 2.21 bits per heavy atom. The molecule has 96 valence electrons. The van der Waals surface area contributed by atoms with Crippen LogP contribution >= 0.6 is 23.6 Å². The summed E-state index contributed by atoms with van der Waals surface area (Å²) in [4.78, 5) is 6.00. The summed E-state index contributed by atoms with van der Waals surface area (Å²) in [6.07, 6.45) is 4.59. The van der Waals surface area contributed by atoms with Crippen LogP contribution in [0.25, 0.3) is 16.2 Å². The number of H-pyrrole nitrogens is 1. The molecule has 0 spiro atoms. The van der Waals surface area contributed by atoms with E-state index in [0.717, 1.165) is 28.8 Å². The van der Waals surface area contributed by atoms with Crippen molar-refractivity contribution in [1.29, 1.82) is 0 Å². The molecule has 0 fully saturated rings. The molecule has 4 rings (SSSR count).